The highest BCUT2D eigenvalue weighted by molar-refractivity contribution is 5.89. The summed E-state index contributed by atoms with van der Waals surface area (Å²) >= 11 is 0. The van der Waals surface area contributed by atoms with Gasteiger partial charge in [0.1, 0.15) is 5.54 Å². The number of benzene rings is 1. The lowest BCUT2D eigenvalue weighted by atomic mass is 9.82. The fourth-order valence-electron chi connectivity index (χ4n) is 3.08. The van der Waals surface area contributed by atoms with Gasteiger partial charge in [-0.2, -0.15) is 0 Å². The molecule has 0 bridgehead atoms. The molecule has 19 heavy (non-hydrogen) atoms. The van der Waals surface area contributed by atoms with Crippen molar-refractivity contribution >= 4 is 16.9 Å². The minimum atomic E-state index is -0.905. The van der Waals surface area contributed by atoms with Crippen molar-refractivity contribution in [1.82, 2.24) is 4.98 Å². The largest absolute Gasteiger partial charge is 0.468 e. The Kier molecular flexibility index (Phi) is 2.82. The summed E-state index contributed by atoms with van der Waals surface area (Å²) in [5.74, 6) is -0.318. The molecule has 0 aliphatic heterocycles. The summed E-state index contributed by atoms with van der Waals surface area (Å²) in [6.45, 7) is 0. The van der Waals surface area contributed by atoms with Gasteiger partial charge >= 0.3 is 5.97 Å². The lowest BCUT2D eigenvalue weighted by Crippen LogP contribution is -2.51. The van der Waals surface area contributed by atoms with Crippen LogP contribution in [0.2, 0.25) is 0 Å². The van der Waals surface area contributed by atoms with Gasteiger partial charge in [-0.15, -0.1) is 0 Å². The van der Waals surface area contributed by atoms with E-state index in [0.29, 0.717) is 12.8 Å². The fraction of sp³-hybridized carbons (Fsp3) is 0.400. The molecular formula is C15H18N2O2. The van der Waals surface area contributed by atoms with Crippen molar-refractivity contribution in [2.75, 3.05) is 7.11 Å². The monoisotopic (exact) mass is 258 g/mol. The van der Waals surface area contributed by atoms with Gasteiger partial charge in [0.15, 0.2) is 0 Å². The number of methoxy groups -OCH3 is 1. The van der Waals surface area contributed by atoms with Crippen LogP contribution >= 0.6 is 0 Å². The highest BCUT2D eigenvalue weighted by Gasteiger charge is 2.36. The predicted octanol–water partition coefficient (Wildman–Crippen LogP) is 1.92. The third-order valence-electron chi connectivity index (χ3n) is 4.04. The van der Waals surface area contributed by atoms with Gasteiger partial charge in [0.2, 0.25) is 0 Å². The number of esters is 1. The van der Waals surface area contributed by atoms with Gasteiger partial charge in [-0.25, -0.2) is 0 Å². The second kappa shape index (κ2) is 4.38. The number of H-pyrrole nitrogens is 1. The van der Waals surface area contributed by atoms with E-state index in [1.54, 1.807) is 0 Å². The third-order valence-corrected chi connectivity index (χ3v) is 4.04. The van der Waals surface area contributed by atoms with E-state index in [-0.39, 0.29) is 5.97 Å². The number of carbonyl (C=O) groups excluding carboxylic acids is 1. The van der Waals surface area contributed by atoms with Crippen LogP contribution in [0.5, 0.6) is 0 Å². The molecule has 1 aromatic heterocycles. The highest BCUT2D eigenvalue weighted by Crippen LogP contribution is 2.31. The summed E-state index contributed by atoms with van der Waals surface area (Å²) < 4.78 is 4.88. The standard InChI is InChI=1S/C15H18N2O2/c1-19-14(18)15(16)7-3-5-10-4-2-6-12-13(10)11(8-15)9-17-12/h2,4,6,9,17H,3,5,7-8,16H2,1H3. The maximum absolute atomic E-state index is 11.9. The maximum Gasteiger partial charge on any atom is 0.326 e. The number of carbonyl (C=O) groups is 1. The van der Waals surface area contributed by atoms with Crippen LogP contribution in [0.4, 0.5) is 0 Å². The van der Waals surface area contributed by atoms with Gasteiger partial charge in [-0.05, 0) is 36.5 Å². The van der Waals surface area contributed by atoms with Crippen LogP contribution < -0.4 is 5.73 Å². The van der Waals surface area contributed by atoms with E-state index >= 15 is 0 Å². The molecule has 100 valence electrons. The van der Waals surface area contributed by atoms with Gasteiger partial charge in [0, 0.05) is 23.5 Å². The molecule has 1 unspecified atom stereocenters. The molecule has 1 heterocycles. The summed E-state index contributed by atoms with van der Waals surface area (Å²) in [4.78, 5) is 15.2. The zero-order chi connectivity index (χ0) is 13.5. The first-order valence-electron chi connectivity index (χ1n) is 6.59. The molecule has 1 aliphatic carbocycles. The molecule has 1 aliphatic rings. The Morgan fingerprint density at radius 1 is 1.42 bits per heavy atom. The first-order valence-corrected chi connectivity index (χ1v) is 6.59. The highest BCUT2D eigenvalue weighted by atomic mass is 16.5. The normalized spacial score (nSPS) is 22.8. The van der Waals surface area contributed by atoms with Crippen LogP contribution in [-0.4, -0.2) is 23.6 Å². The Bertz CT molecular complexity index is 632. The quantitative estimate of drug-likeness (QED) is 0.768. The van der Waals surface area contributed by atoms with Gasteiger partial charge in [0.25, 0.3) is 0 Å². The number of aromatic amines is 1. The summed E-state index contributed by atoms with van der Waals surface area (Å²) in [5, 5.41) is 1.22. The topological polar surface area (TPSA) is 68.1 Å². The predicted molar refractivity (Wildman–Crippen MR) is 73.9 cm³/mol. The lowest BCUT2D eigenvalue weighted by Gasteiger charge is -2.28. The van der Waals surface area contributed by atoms with Gasteiger partial charge in [0.05, 0.1) is 7.11 Å². The van der Waals surface area contributed by atoms with Gasteiger partial charge in [-0.3, -0.25) is 4.79 Å². The van der Waals surface area contributed by atoms with Crippen molar-refractivity contribution in [2.24, 2.45) is 5.73 Å². The summed E-state index contributed by atoms with van der Waals surface area (Å²) in [7, 11) is 1.40. The van der Waals surface area contributed by atoms with E-state index in [1.165, 1.54) is 18.1 Å². The van der Waals surface area contributed by atoms with Crippen molar-refractivity contribution in [2.45, 2.75) is 31.2 Å². The molecule has 0 spiro atoms. The smallest absolute Gasteiger partial charge is 0.326 e. The van der Waals surface area contributed by atoms with Crippen molar-refractivity contribution < 1.29 is 9.53 Å². The molecule has 1 atom stereocenters. The first-order chi connectivity index (χ1) is 9.14. The van der Waals surface area contributed by atoms with Crippen LogP contribution in [0, 0.1) is 0 Å². The molecule has 0 amide bonds. The van der Waals surface area contributed by atoms with Crippen LogP contribution in [0.3, 0.4) is 0 Å². The molecule has 0 fully saturated rings. The molecule has 0 saturated heterocycles. The molecule has 0 radical (unpaired) electrons. The van der Waals surface area contributed by atoms with Gasteiger partial charge < -0.3 is 15.5 Å². The summed E-state index contributed by atoms with van der Waals surface area (Å²) in [6, 6.07) is 6.27. The van der Waals surface area contributed by atoms with E-state index in [4.69, 9.17) is 10.5 Å². The van der Waals surface area contributed by atoms with E-state index in [1.807, 2.05) is 6.20 Å². The first kappa shape index (κ1) is 12.2. The molecule has 1 aromatic carbocycles. The van der Waals surface area contributed by atoms with Crippen molar-refractivity contribution in [3.05, 3.63) is 35.5 Å². The average Bonchev–Trinajstić information content (AvgIpc) is 2.79. The van der Waals surface area contributed by atoms with Crippen LogP contribution in [0.1, 0.15) is 24.0 Å². The van der Waals surface area contributed by atoms with Crippen LogP contribution in [0.25, 0.3) is 10.9 Å². The summed E-state index contributed by atoms with van der Waals surface area (Å²) in [5.41, 5.74) is 8.94. The van der Waals surface area contributed by atoms with E-state index in [2.05, 4.69) is 23.2 Å². The zero-order valence-electron chi connectivity index (χ0n) is 11.0. The Balaban J connectivity index is 2.11. The Morgan fingerprint density at radius 2 is 2.26 bits per heavy atom. The summed E-state index contributed by atoms with van der Waals surface area (Å²) in [6.07, 6.45) is 4.98. The lowest BCUT2D eigenvalue weighted by molar-refractivity contribution is -0.147. The van der Waals surface area contributed by atoms with E-state index < -0.39 is 5.54 Å². The molecule has 4 heteroatoms. The number of ether oxygens (including phenoxy) is 1. The number of hydrogen-bond donors (Lipinski definition) is 2. The molecular weight excluding hydrogens is 240 g/mol. The van der Waals surface area contributed by atoms with Crippen LogP contribution in [-0.2, 0) is 22.4 Å². The van der Waals surface area contributed by atoms with E-state index in [0.717, 1.165) is 23.9 Å². The molecule has 3 rings (SSSR count). The molecule has 3 N–H and O–H groups in total. The molecule has 2 aromatic rings. The minimum absolute atomic E-state index is 0.318. The third kappa shape index (κ3) is 1.92. The number of aryl methyl sites for hydroxylation is 1. The Labute approximate surface area is 111 Å². The van der Waals surface area contributed by atoms with Crippen LogP contribution in [0.15, 0.2) is 24.4 Å². The molecule has 0 saturated carbocycles. The number of rotatable bonds is 1. The fourth-order valence-corrected chi connectivity index (χ4v) is 3.08. The second-order valence-corrected chi connectivity index (χ2v) is 5.33. The van der Waals surface area contributed by atoms with Crippen molar-refractivity contribution in [3.63, 3.8) is 0 Å². The maximum atomic E-state index is 11.9. The Morgan fingerprint density at radius 3 is 3.05 bits per heavy atom. The second-order valence-electron chi connectivity index (χ2n) is 5.33. The number of aromatic nitrogens is 1. The van der Waals surface area contributed by atoms with Crippen molar-refractivity contribution in [3.8, 4) is 0 Å². The zero-order valence-corrected chi connectivity index (χ0v) is 11.0. The average molecular weight is 258 g/mol. The number of nitrogens with one attached hydrogen (secondary N) is 1. The van der Waals surface area contributed by atoms with E-state index in [9.17, 15) is 4.79 Å². The molecule has 4 nitrogen and oxygen atoms in total. The van der Waals surface area contributed by atoms with Gasteiger partial charge in [-0.1, -0.05) is 12.1 Å². The minimum Gasteiger partial charge on any atom is -0.468 e. The Hall–Kier alpha value is -1.81. The van der Waals surface area contributed by atoms with Crippen molar-refractivity contribution in [1.29, 1.82) is 0 Å². The SMILES string of the molecule is COC(=O)C1(N)CCCc2cccc3[nH]cc(c23)C1. The number of hydrogen-bond acceptors (Lipinski definition) is 3. The number of nitrogens with two attached hydrogens (primary N) is 1.